The van der Waals surface area contributed by atoms with Gasteiger partial charge in [0.1, 0.15) is 6.29 Å². The minimum Gasteiger partial charge on any atom is -0.326 e. The summed E-state index contributed by atoms with van der Waals surface area (Å²) < 4.78 is 0. The molecular weight excluding hydrogens is 166 g/mol. The summed E-state index contributed by atoms with van der Waals surface area (Å²) in [5.74, 6) is -0.133. The third-order valence-electron chi connectivity index (χ3n) is 1.71. The Morgan fingerprint density at radius 1 is 1.46 bits per heavy atom. The molecule has 0 heterocycles. The van der Waals surface area contributed by atoms with Crippen molar-refractivity contribution in [2.45, 2.75) is 13.8 Å². The third-order valence-corrected chi connectivity index (χ3v) is 1.71. The average molecular weight is 177 g/mol. The van der Waals surface area contributed by atoms with Crippen molar-refractivity contribution in [2.75, 3.05) is 5.32 Å². The van der Waals surface area contributed by atoms with E-state index in [2.05, 4.69) is 5.32 Å². The first kappa shape index (κ1) is 9.45. The van der Waals surface area contributed by atoms with Gasteiger partial charge in [-0.1, -0.05) is 12.1 Å². The molecule has 0 fully saturated rings. The second-order valence-electron chi connectivity index (χ2n) is 2.87. The van der Waals surface area contributed by atoms with Crippen LogP contribution in [0.1, 0.15) is 22.8 Å². The van der Waals surface area contributed by atoms with Gasteiger partial charge in [0.2, 0.25) is 5.91 Å². The van der Waals surface area contributed by atoms with E-state index in [0.717, 1.165) is 11.8 Å². The van der Waals surface area contributed by atoms with Gasteiger partial charge >= 0.3 is 0 Å². The maximum Gasteiger partial charge on any atom is 0.221 e. The van der Waals surface area contributed by atoms with E-state index in [9.17, 15) is 9.59 Å². The van der Waals surface area contributed by atoms with Crippen molar-refractivity contribution < 1.29 is 9.59 Å². The van der Waals surface area contributed by atoms with E-state index in [0.29, 0.717) is 11.3 Å². The highest BCUT2D eigenvalue weighted by Crippen LogP contribution is 2.15. The largest absolute Gasteiger partial charge is 0.326 e. The van der Waals surface area contributed by atoms with Crippen molar-refractivity contribution in [3.8, 4) is 0 Å². The molecule has 1 N–H and O–H groups in total. The van der Waals surface area contributed by atoms with Crippen LogP contribution in [0.2, 0.25) is 0 Å². The molecule has 0 unspecified atom stereocenters. The van der Waals surface area contributed by atoms with Crippen molar-refractivity contribution in [3.05, 3.63) is 29.3 Å². The van der Waals surface area contributed by atoms with Gasteiger partial charge in [-0.15, -0.1) is 0 Å². The molecule has 13 heavy (non-hydrogen) atoms. The van der Waals surface area contributed by atoms with Crippen molar-refractivity contribution in [1.29, 1.82) is 0 Å². The van der Waals surface area contributed by atoms with Gasteiger partial charge in [-0.05, 0) is 18.6 Å². The fourth-order valence-electron chi connectivity index (χ4n) is 1.04. The first-order valence-corrected chi connectivity index (χ1v) is 3.97. The predicted octanol–water partition coefficient (Wildman–Crippen LogP) is 1.77. The molecule has 1 aromatic rings. The lowest BCUT2D eigenvalue weighted by atomic mass is 10.1. The van der Waals surface area contributed by atoms with Crippen molar-refractivity contribution in [1.82, 2.24) is 0 Å². The van der Waals surface area contributed by atoms with Gasteiger partial charge in [0.15, 0.2) is 0 Å². The van der Waals surface area contributed by atoms with Gasteiger partial charge in [-0.2, -0.15) is 0 Å². The Hall–Kier alpha value is -1.64. The van der Waals surface area contributed by atoms with Crippen LogP contribution in [0.25, 0.3) is 0 Å². The zero-order valence-electron chi connectivity index (χ0n) is 7.63. The molecule has 0 radical (unpaired) electrons. The van der Waals surface area contributed by atoms with E-state index >= 15 is 0 Å². The fraction of sp³-hybridized carbons (Fsp3) is 0.200. The molecule has 3 heteroatoms. The monoisotopic (exact) mass is 177 g/mol. The SMILES string of the molecule is CC(=O)Nc1cc(C=O)ccc1C. The Kier molecular flexibility index (Phi) is 2.80. The Morgan fingerprint density at radius 2 is 2.15 bits per heavy atom. The topological polar surface area (TPSA) is 46.2 Å². The van der Waals surface area contributed by atoms with Gasteiger partial charge in [-0.3, -0.25) is 9.59 Å². The normalized spacial score (nSPS) is 9.38. The number of aryl methyl sites for hydroxylation is 1. The number of carbonyl (C=O) groups is 2. The lowest BCUT2D eigenvalue weighted by Crippen LogP contribution is -2.07. The number of carbonyl (C=O) groups excluding carboxylic acids is 2. The highest BCUT2D eigenvalue weighted by Gasteiger charge is 2.00. The number of hydrogen-bond donors (Lipinski definition) is 1. The third kappa shape index (κ3) is 2.40. The zero-order chi connectivity index (χ0) is 9.84. The summed E-state index contributed by atoms with van der Waals surface area (Å²) in [4.78, 5) is 21.2. The van der Waals surface area contributed by atoms with Gasteiger partial charge in [0.05, 0.1) is 0 Å². The predicted molar refractivity (Wildman–Crippen MR) is 50.9 cm³/mol. The summed E-state index contributed by atoms with van der Waals surface area (Å²) in [7, 11) is 0. The molecule has 68 valence electrons. The molecule has 1 aromatic carbocycles. The van der Waals surface area contributed by atoms with Gasteiger partial charge < -0.3 is 5.32 Å². The van der Waals surface area contributed by atoms with Crippen LogP contribution in [0.4, 0.5) is 5.69 Å². The van der Waals surface area contributed by atoms with E-state index in [1.807, 2.05) is 6.92 Å². The highest BCUT2D eigenvalue weighted by atomic mass is 16.1. The van der Waals surface area contributed by atoms with Crippen LogP contribution in [-0.4, -0.2) is 12.2 Å². The van der Waals surface area contributed by atoms with Gasteiger partial charge in [-0.25, -0.2) is 0 Å². The summed E-state index contributed by atoms with van der Waals surface area (Å²) in [6.07, 6.45) is 0.755. The van der Waals surface area contributed by atoms with E-state index in [1.54, 1.807) is 18.2 Å². The maximum atomic E-state index is 10.8. The molecule has 0 aliphatic rings. The van der Waals surface area contributed by atoms with E-state index in [1.165, 1.54) is 6.92 Å². The minimum absolute atomic E-state index is 0.133. The lowest BCUT2D eigenvalue weighted by molar-refractivity contribution is -0.114. The van der Waals surface area contributed by atoms with Crippen LogP contribution in [0.15, 0.2) is 18.2 Å². The summed E-state index contributed by atoms with van der Waals surface area (Å²) in [5, 5.41) is 2.65. The van der Waals surface area contributed by atoms with E-state index in [-0.39, 0.29) is 5.91 Å². The van der Waals surface area contributed by atoms with Crippen LogP contribution in [0.5, 0.6) is 0 Å². The first-order valence-electron chi connectivity index (χ1n) is 3.97. The molecule has 0 aliphatic carbocycles. The van der Waals surface area contributed by atoms with Crippen LogP contribution < -0.4 is 5.32 Å². The standard InChI is InChI=1S/C10H11NO2/c1-7-3-4-9(6-12)5-10(7)11-8(2)13/h3-6H,1-2H3,(H,11,13). The number of anilines is 1. The molecule has 0 saturated carbocycles. The molecule has 0 aromatic heterocycles. The number of aldehydes is 1. The Labute approximate surface area is 76.8 Å². The molecule has 0 saturated heterocycles. The molecule has 1 amide bonds. The maximum absolute atomic E-state index is 10.8. The number of nitrogens with one attached hydrogen (secondary N) is 1. The Balaban J connectivity index is 3.03. The summed E-state index contributed by atoms with van der Waals surface area (Å²) in [6.45, 7) is 3.31. The first-order chi connectivity index (χ1) is 6.13. The van der Waals surface area contributed by atoms with Crippen LogP contribution >= 0.6 is 0 Å². The lowest BCUT2D eigenvalue weighted by Gasteiger charge is -2.05. The molecular formula is C10H11NO2. The molecule has 3 nitrogen and oxygen atoms in total. The van der Waals surface area contributed by atoms with Gasteiger partial charge in [0, 0.05) is 18.2 Å². The number of hydrogen-bond acceptors (Lipinski definition) is 2. The number of rotatable bonds is 2. The van der Waals surface area contributed by atoms with Crippen LogP contribution in [0, 0.1) is 6.92 Å². The molecule has 0 bridgehead atoms. The summed E-state index contributed by atoms with van der Waals surface area (Å²) in [5.41, 5.74) is 2.20. The number of amides is 1. The Morgan fingerprint density at radius 3 is 2.69 bits per heavy atom. The van der Waals surface area contributed by atoms with Crippen molar-refractivity contribution in [2.24, 2.45) is 0 Å². The molecule has 1 rings (SSSR count). The molecule has 0 aliphatic heterocycles. The molecule has 0 spiro atoms. The second kappa shape index (κ2) is 3.85. The number of benzene rings is 1. The van der Waals surface area contributed by atoms with Crippen molar-refractivity contribution in [3.63, 3.8) is 0 Å². The van der Waals surface area contributed by atoms with Crippen LogP contribution in [0.3, 0.4) is 0 Å². The second-order valence-corrected chi connectivity index (χ2v) is 2.87. The van der Waals surface area contributed by atoms with E-state index in [4.69, 9.17) is 0 Å². The smallest absolute Gasteiger partial charge is 0.221 e. The fourth-order valence-corrected chi connectivity index (χ4v) is 1.04. The summed E-state index contributed by atoms with van der Waals surface area (Å²) in [6, 6.07) is 5.17. The summed E-state index contributed by atoms with van der Waals surface area (Å²) >= 11 is 0. The van der Waals surface area contributed by atoms with Gasteiger partial charge in [0.25, 0.3) is 0 Å². The highest BCUT2D eigenvalue weighted by molar-refractivity contribution is 5.91. The average Bonchev–Trinajstić information content (AvgIpc) is 2.08. The van der Waals surface area contributed by atoms with E-state index < -0.39 is 0 Å². The Bertz CT molecular complexity index is 345. The van der Waals surface area contributed by atoms with Crippen LogP contribution in [-0.2, 0) is 4.79 Å². The quantitative estimate of drug-likeness (QED) is 0.700. The zero-order valence-corrected chi connectivity index (χ0v) is 7.63. The van der Waals surface area contributed by atoms with Crippen molar-refractivity contribution >= 4 is 17.9 Å². The molecule has 0 atom stereocenters. The minimum atomic E-state index is -0.133.